The van der Waals surface area contributed by atoms with Crippen LogP contribution in [0.5, 0.6) is 0 Å². The monoisotopic (exact) mass is 272 g/mol. The van der Waals surface area contributed by atoms with Crippen LogP contribution < -0.4 is 0 Å². The molecule has 0 amide bonds. The first-order valence-corrected chi connectivity index (χ1v) is 5.28. The lowest BCUT2D eigenvalue weighted by atomic mass is 10.1. The number of alkyl halides is 6. The van der Waals surface area contributed by atoms with Gasteiger partial charge in [0.25, 0.3) is 0 Å². The third kappa shape index (κ3) is 5.42. The molecular weight excluding hydrogens is 258 g/mol. The molecule has 0 aliphatic heterocycles. The van der Waals surface area contributed by atoms with Crippen LogP contribution in [-0.2, 0) is 12.4 Å². The molecule has 0 radical (unpaired) electrons. The molecule has 0 fully saturated rings. The minimum absolute atomic E-state index is 0.0721. The van der Waals surface area contributed by atoms with E-state index in [0.717, 1.165) is 0 Å². The normalized spacial score (nSPS) is 11.8. The third-order valence-corrected chi connectivity index (χ3v) is 1.73. The number of benzene rings is 1. The average Bonchev–Trinajstić information content (AvgIpc) is 2.15. The zero-order chi connectivity index (χ0) is 14.6. The molecule has 1 rings (SSSR count). The van der Waals surface area contributed by atoms with Crippen molar-refractivity contribution in [3.8, 4) is 0 Å². The molecule has 0 unspecified atom stereocenters. The summed E-state index contributed by atoms with van der Waals surface area (Å²) in [6.45, 7) is 5.44. The van der Waals surface area contributed by atoms with Crippen LogP contribution in [0.4, 0.5) is 26.3 Å². The minimum atomic E-state index is -4.76. The van der Waals surface area contributed by atoms with E-state index >= 15 is 0 Å². The summed E-state index contributed by atoms with van der Waals surface area (Å²) in [7, 11) is 0. The summed E-state index contributed by atoms with van der Waals surface area (Å²) >= 11 is 0. The van der Waals surface area contributed by atoms with Crippen molar-refractivity contribution < 1.29 is 26.3 Å². The van der Waals surface area contributed by atoms with Gasteiger partial charge >= 0.3 is 12.4 Å². The van der Waals surface area contributed by atoms with Crippen LogP contribution in [0, 0.1) is 6.92 Å². The van der Waals surface area contributed by atoms with Gasteiger partial charge < -0.3 is 0 Å². The fourth-order valence-corrected chi connectivity index (χ4v) is 1.11. The number of halogens is 6. The molecular formula is C12H14F6. The summed E-state index contributed by atoms with van der Waals surface area (Å²) in [4.78, 5) is 0. The van der Waals surface area contributed by atoms with Crippen LogP contribution in [0.3, 0.4) is 0 Å². The first-order chi connectivity index (χ1) is 8.02. The number of aryl methyl sites for hydroxylation is 1. The van der Waals surface area contributed by atoms with Gasteiger partial charge in [-0.25, -0.2) is 0 Å². The Labute approximate surface area is 102 Å². The third-order valence-electron chi connectivity index (χ3n) is 1.73. The van der Waals surface area contributed by atoms with Crippen molar-refractivity contribution in [3.05, 3.63) is 34.9 Å². The highest BCUT2D eigenvalue weighted by molar-refractivity contribution is 5.32. The first kappa shape index (κ1) is 16.8. The van der Waals surface area contributed by atoms with Gasteiger partial charge in [0.05, 0.1) is 11.1 Å². The Morgan fingerprint density at radius 1 is 0.778 bits per heavy atom. The van der Waals surface area contributed by atoms with E-state index in [9.17, 15) is 26.3 Å². The second-order valence-electron chi connectivity index (χ2n) is 3.79. The fourth-order valence-electron chi connectivity index (χ4n) is 1.11. The summed E-state index contributed by atoms with van der Waals surface area (Å²) in [5, 5.41) is 0. The Balaban J connectivity index is 0.000000873. The van der Waals surface area contributed by atoms with Gasteiger partial charge in [-0.2, -0.15) is 26.3 Å². The highest BCUT2D eigenvalue weighted by Crippen LogP contribution is 2.35. The van der Waals surface area contributed by atoms with Crippen LogP contribution in [-0.4, -0.2) is 0 Å². The lowest BCUT2D eigenvalue weighted by molar-refractivity contribution is -0.143. The highest BCUT2D eigenvalue weighted by atomic mass is 19.4. The Morgan fingerprint density at radius 3 is 1.28 bits per heavy atom. The van der Waals surface area contributed by atoms with E-state index in [1.165, 1.54) is 13.3 Å². The fraction of sp³-hybridized carbons (Fsp3) is 0.500. The van der Waals surface area contributed by atoms with Gasteiger partial charge in [-0.3, -0.25) is 0 Å². The van der Waals surface area contributed by atoms with Crippen LogP contribution in [0.15, 0.2) is 18.2 Å². The molecule has 0 aliphatic rings. The van der Waals surface area contributed by atoms with Crippen molar-refractivity contribution >= 4 is 0 Å². The van der Waals surface area contributed by atoms with Crippen LogP contribution in [0.2, 0.25) is 0 Å². The van der Waals surface area contributed by atoms with Crippen molar-refractivity contribution in [2.45, 2.75) is 39.5 Å². The van der Waals surface area contributed by atoms with Gasteiger partial charge in [-0.15, -0.1) is 0 Å². The molecule has 0 saturated heterocycles. The maximum atomic E-state index is 12.2. The quantitative estimate of drug-likeness (QED) is 0.551. The summed E-state index contributed by atoms with van der Waals surface area (Å²) < 4.78 is 73.0. The largest absolute Gasteiger partial charge is 0.416 e. The molecule has 6 heteroatoms. The summed E-state index contributed by atoms with van der Waals surface area (Å²) in [6, 6.07) is 1.46. The van der Waals surface area contributed by atoms with E-state index in [1.807, 2.05) is 0 Å². The SMILES string of the molecule is CCC.Cc1cc(C(F)(F)F)cc(C(F)(F)F)c1. The maximum Gasteiger partial charge on any atom is 0.416 e. The lowest BCUT2D eigenvalue weighted by Crippen LogP contribution is -2.11. The predicted octanol–water partition coefficient (Wildman–Crippen LogP) is 5.45. The molecule has 104 valence electrons. The summed E-state index contributed by atoms with van der Waals surface area (Å²) in [5.41, 5.74) is -2.64. The molecule has 1 aromatic rings. The highest BCUT2D eigenvalue weighted by Gasteiger charge is 2.36. The van der Waals surface area contributed by atoms with Crippen LogP contribution in [0.1, 0.15) is 37.0 Å². The average molecular weight is 272 g/mol. The van der Waals surface area contributed by atoms with Gasteiger partial charge in [0, 0.05) is 0 Å². The van der Waals surface area contributed by atoms with E-state index in [2.05, 4.69) is 13.8 Å². The summed E-state index contributed by atoms with van der Waals surface area (Å²) in [5.74, 6) is 0. The maximum absolute atomic E-state index is 12.2. The zero-order valence-corrected chi connectivity index (χ0v) is 10.2. The Hall–Kier alpha value is -1.20. The Kier molecular flexibility index (Phi) is 5.70. The van der Waals surface area contributed by atoms with Crippen LogP contribution >= 0.6 is 0 Å². The van der Waals surface area contributed by atoms with E-state index in [0.29, 0.717) is 12.1 Å². The van der Waals surface area contributed by atoms with Crippen molar-refractivity contribution in [1.82, 2.24) is 0 Å². The molecule has 0 aliphatic carbocycles. The zero-order valence-electron chi connectivity index (χ0n) is 10.2. The Morgan fingerprint density at radius 2 is 1.06 bits per heavy atom. The molecule has 0 heterocycles. The van der Waals surface area contributed by atoms with Gasteiger partial charge in [-0.1, -0.05) is 20.3 Å². The molecule has 0 atom stereocenters. The molecule has 1 aromatic carbocycles. The second-order valence-corrected chi connectivity index (χ2v) is 3.79. The van der Waals surface area contributed by atoms with E-state index in [4.69, 9.17) is 0 Å². The minimum Gasteiger partial charge on any atom is -0.166 e. The predicted molar refractivity (Wildman–Crippen MR) is 57.1 cm³/mol. The topological polar surface area (TPSA) is 0 Å². The number of hydrogen-bond donors (Lipinski definition) is 0. The van der Waals surface area contributed by atoms with Gasteiger partial charge in [-0.05, 0) is 30.7 Å². The molecule has 0 N–H and O–H groups in total. The second kappa shape index (κ2) is 6.11. The summed E-state index contributed by atoms with van der Waals surface area (Å²) in [6.07, 6.45) is -8.27. The molecule has 0 spiro atoms. The Bertz CT molecular complexity index is 343. The molecule has 0 bridgehead atoms. The molecule has 0 saturated carbocycles. The van der Waals surface area contributed by atoms with Gasteiger partial charge in [0.2, 0.25) is 0 Å². The van der Waals surface area contributed by atoms with Crippen molar-refractivity contribution in [3.63, 3.8) is 0 Å². The molecule has 0 nitrogen and oxygen atoms in total. The van der Waals surface area contributed by atoms with E-state index in [1.54, 1.807) is 0 Å². The van der Waals surface area contributed by atoms with Crippen molar-refractivity contribution in [1.29, 1.82) is 0 Å². The first-order valence-electron chi connectivity index (χ1n) is 5.28. The van der Waals surface area contributed by atoms with Crippen molar-refractivity contribution in [2.24, 2.45) is 0 Å². The number of hydrogen-bond acceptors (Lipinski definition) is 0. The van der Waals surface area contributed by atoms with Gasteiger partial charge in [0.15, 0.2) is 0 Å². The molecule has 18 heavy (non-hydrogen) atoms. The van der Waals surface area contributed by atoms with Crippen molar-refractivity contribution in [2.75, 3.05) is 0 Å². The standard InChI is InChI=1S/C9H6F6.C3H8/c1-5-2-6(8(10,11)12)4-7(3-5)9(13,14)15;1-3-2/h2-4H,1H3;3H2,1-2H3. The number of rotatable bonds is 0. The van der Waals surface area contributed by atoms with Crippen LogP contribution in [0.25, 0.3) is 0 Å². The van der Waals surface area contributed by atoms with Gasteiger partial charge in [0.1, 0.15) is 0 Å². The van der Waals surface area contributed by atoms with E-state index < -0.39 is 23.5 Å². The van der Waals surface area contributed by atoms with E-state index in [-0.39, 0.29) is 11.6 Å². The molecule has 0 aromatic heterocycles. The lowest BCUT2D eigenvalue weighted by Gasteiger charge is -2.12. The smallest absolute Gasteiger partial charge is 0.166 e.